The quantitative estimate of drug-likeness (QED) is 0.924. The molecule has 1 amide bonds. The summed E-state index contributed by atoms with van der Waals surface area (Å²) in [6.45, 7) is 0.466. The van der Waals surface area contributed by atoms with Gasteiger partial charge in [-0.25, -0.2) is 9.48 Å². The lowest BCUT2D eigenvalue weighted by molar-refractivity contribution is -0.143. The van der Waals surface area contributed by atoms with Crippen LogP contribution in [0, 0.1) is 0 Å². The number of nitrogens with zero attached hydrogens (tertiary/aromatic N) is 4. The molecular formula is C15H16N4O3. The van der Waals surface area contributed by atoms with E-state index in [1.165, 1.54) is 11.1 Å². The highest BCUT2D eigenvalue weighted by atomic mass is 16.4. The van der Waals surface area contributed by atoms with Crippen molar-refractivity contribution in [3.8, 4) is 5.69 Å². The number of hydrogen-bond donors (Lipinski definition) is 1. The van der Waals surface area contributed by atoms with E-state index in [9.17, 15) is 14.7 Å². The number of carbonyl (C=O) groups excluding carboxylic acids is 1. The van der Waals surface area contributed by atoms with E-state index in [0.717, 1.165) is 18.5 Å². The number of carbonyl (C=O) groups is 2. The zero-order valence-corrected chi connectivity index (χ0v) is 11.9. The van der Waals surface area contributed by atoms with Crippen LogP contribution in [0.15, 0.2) is 36.9 Å². The van der Waals surface area contributed by atoms with Gasteiger partial charge in [0.1, 0.15) is 6.04 Å². The Kier molecular flexibility index (Phi) is 3.86. The lowest BCUT2D eigenvalue weighted by Crippen LogP contribution is -2.47. The van der Waals surface area contributed by atoms with Crippen molar-refractivity contribution >= 4 is 11.9 Å². The van der Waals surface area contributed by atoms with E-state index in [0.29, 0.717) is 18.5 Å². The molecule has 1 N–H and O–H groups in total. The Labute approximate surface area is 127 Å². The van der Waals surface area contributed by atoms with Gasteiger partial charge in [-0.15, -0.1) is 0 Å². The number of pyridine rings is 1. The summed E-state index contributed by atoms with van der Waals surface area (Å²) >= 11 is 0. The minimum Gasteiger partial charge on any atom is -0.480 e. The van der Waals surface area contributed by atoms with E-state index in [-0.39, 0.29) is 5.91 Å². The number of carboxylic acid groups (broad SMARTS) is 1. The minimum absolute atomic E-state index is 0.290. The van der Waals surface area contributed by atoms with Crippen molar-refractivity contribution in [3.63, 3.8) is 0 Å². The largest absolute Gasteiger partial charge is 0.480 e. The number of amides is 1. The molecule has 0 radical (unpaired) electrons. The number of likely N-dealkylation sites (tertiary alicyclic amines) is 1. The first-order valence-corrected chi connectivity index (χ1v) is 7.15. The van der Waals surface area contributed by atoms with Crippen LogP contribution in [-0.2, 0) is 4.79 Å². The van der Waals surface area contributed by atoms with Crippen LogP contribution < -0.4 is 0 Å². The molecule has 1 aliphatic rings. The highest BCUT2D eigenvalue weighted by molar-refractivity contribution is 5.96. The maximum atomic E-state index is 12.6. The predicted molar refractivity (Wildman–Crippen MR) is 77.7 cm³/mol. The molecule has 3 rings (SSSR count). The molecule has 1 fully saturated rings. The first kappa shape index (κ1) is 14.2. The average Bonchev–Trinajstić information content (AvgIpc) is 3.05. The second-order valence-electron chi connectivity index (χ2n) is 5.23. The van der Waals surface area contributed by atoms with Gasteiger partial charge >= 0.3 is 5.97 Å². The Bertz CT molecular complexity index is 683. The van der Waals surface area contributed by atoms with Gasteiger partial charge in [-0.2, -0.15) is 5.10 Å². The van der Waals surface area contributed by atoms with Crippen molar-refractivity contribution in [2.24, 2.45) is 0 Å². The fraction of sp³-hybridized carbons (Fsp3) is 0.333. The molecule has 1 unspecified atom stereocenters. The molecule has 7 heteroatoms. The van der Waals surface area contributed by atoms with Crippen LogP contribution in [0.4, 0.5) is 0 Å². The molecule has 1 aliphatic heterocycles. The molecular weight excluding hydrogens is 284 g/mol. The van der Waals surface area contributed by atoms with Crippen LogP contribution in [0.3, 0.4) is 0 Å². The van der Waals surface area contributed by atoms with Crippen LogP contribution in [0.2, 0.25) is 0 Å². The summed E-state index contributed by atoms with van der Waals surface area (Å²) in [6, 6.07) is 2.86. The molecule has 0 spiro atoms. The van der Waals surface area contributed by atoms with Gasteiger partial charge < -0.3 is 10.0 Å². The molecule has 1 atom stereocenters. The summed E-state index contributed by atoms with van der Waals surface area (Å²) in [6.07, 6.45) is 8.52. The van der Waals surface area contributed by atoms with Gasteiger partial charge in [-0.3, -0.25) is 9.78 Å². The number of piperidine rings is 1. The van der Waals surface area contributed by atoms with Crippen LogP contribution >= 0.6 is 0 Å². The Morgan fingerprint density at radius 1 is 1.27 bits per heavy atom. The minimum atomic E-state index is -0.951. The highest BCUT2D eigenvalue weighted by Crippen LogP contribution is 2.20. The van der Waals surface area contributed by atoms with Crippen LogP contribution in [-0.4, -0.2) is 49.2 Å². The van der Waals surface area contributed by atoms with E-state index < -0.39 is 12.0 Å². The standard InChI is InChI=1S/C15H16N4O3/c20-14(18-7-2-1-5-13(18)15(21)22)11-8-17-19(10-11)12-4-3-6-16-9-12/h3-4,6,8-10,13H,1-2,5,7H2,(H,21,22). The van der Waals surface area contributed by atoms with Gasteiger partial charge in [0.05, 0.1) is 23.6 Å². The van der Waals surface area contributed by atoms with Crippen molar-refractivity contribution in [2.45, 2.75) is 25.3 Å². The first-order chi connectivity index (χ1) is 10.7. The van der Waals surface area contributed by atoms with Gasteiger partial charge in [0.15, 0.2) is 0 Å². The normalized spacial score (nSPS) is 18.2. The summed E-state index contributed by atoms with van der Waals surface area (Å²) in [5, 5.41) is 13.4. The molecule has 0 aromatic carbocycles. The van der Waals surface area contributed by atoms with Crippen molar-refractivity contribution in [1.82, 2.24) is 19.7 Å². The molecule has 114 valence electrons. The van der Waals surface area contributed by atoms with E-state index in [1.54, 1.807) is 29.3 Å². The summed E-state index contributed by atoms with van der Waals surface area (Å²) in [7, 11) is 0. The lowest BCUT2D eigenvalue weighted by atomic mass is 10.0. The molecule has 0 bridgehead atoms. The third-order valence-electron chi connectivity index (χ3n) is 3.79. The van der Waals surface area contributed by atoms with Gasteiger partial charge in [-0.05, 0) is 31.4 Å². The van der Waals surface area contributed by atoms with E-state index in [2.05, 4.69) is 10.1 Å². The smallest absolute Gasteiger partial charge is 0.326 e. The molecule has 7 nitrogen and oxygen atoms in total. The predicted octanol–water partition coefficient (Wildman–Crippen LogP) is 1.35. The number of hydrogen-bond acceptors (Lipinski definition) is 4. The summed E-state index contributed by atoms with van der Waals surface area (Å²) in [5.74, 6) is -1.24. The number of aliphatic carboxylic acids is 1. The first-order valence-electron chi connectivity index (χ1n) is 7.15. The van der Waals surface area contributed by atoms with Gasteiger partial charge in [0.25, 0.3) is 5.91 Å². The molecule has 22 heavy (non-hydrogen) atoms. The van der Waals surface area contributed by atoms with E-state index >= 15 is 0 Å². The topological polar surface area (TPSA) is 88.3 Å². The van der Waals surface area contributed by atoms with Crippen LogP contribution in [0.1, 0.15) is 29.6 Å². The van der Waals surface area contributed by atoms with Crippen molar-refractivity contribution in [3.05, 3.63) is 42.5 Å². The molecule has 2 aromatic rings. The number of rotatable bonds is 3. The Morgan fingerprint density at radius 3 is 2.86 bits per heavy atom. The Morgan fingerprint density at radius 2 is 2.14 bits per heavy atom. The maximum absolute atomic E-state index is 12.6. The lowest BCUT2D eigenvalue weighted by Gasteiger charge is -2.32. The van der Waals surface area contributed by atoms with Crippen LogP contribution in [0.25, 0.3) is 5.69 Å². The number of aromatic nitrogens is 3. The fourth-order valence-corrected chi connectivity index (χ4v) is 2.66. The van der Waals surface area contributed by atoms with Crippen molar-refractivity contribution in [1.29, 1.82) is 0 Å². The average molecular weight is 300 g/mol. The Balaban J connectivity index is 1.83. The summed E-state index contributed by atoms with van der Waals surface area (Å²) < 4.78 is 1.56. The molecule has 2 aromatic heterocycles. The van der Waals surface area contributed by atoms with Gasteiger partial charge in [-0.1, -0.05) is 0 Å². The third-order valence-corrected chi connectivity index (χ3v) is 3.79. The SMILES string of the molecule is O=C(O)C1CCCCN1C(=O)c1cnn(-c2cccnc2)c1. The molecule has 3 heterocycles. The summed E-state index contributed by atoms with van der Waals surface area (Å²) in [4.78, 5) is 29.3. The zero-order valence-electron chi connectivity index (χ0n) is 11.9. The summed E-state index contributed by atoms with van der Waals surface area (Å²) in [5.41, 5.74) is 1.13. The molecule has 0 saturated carbocycles. The van der Waals surface area contributed by atoms with E-state index in [1.807, 2.05) is 6.07 Å². The Hall–Kier alpha value is -2.70. The zero-order chi connectivity index (χ0) is 15.5. The highest BCUT2D eigenvalue weighted by Gasteiger charge is 2.32. The van der Waals surface area contributed by atoms with Gasteiger partial charge in [0.2, 0.25) is 0 Å². The van der Waals surface area contributed by atoms with Crippen molar-refractivity contribution in [2.75, 3.05) is 6.54 Å². The molecule has 1 saturated heterocycles. The number of carboxylic acids is 1. The second-order valence-corrected chi connectivity index (χ2v) is 5.23. The monoisotopic (exact) mass is 300 g/mol. The fourth-order valence-electron chi connectivity index (χ4n) is 2.66. The van der Waals surface area contributed by atoms with Crippen LogP contribution in [0.5, 0.6) is 0 Å². The van der Waals surface area contributed by atoms with Gasteiger partial charge in [0, 0.05) is 18.9 Å². The van der Waals surface area contributed by atoms with E-state index in [4.69, 9.17) is 0 Å². The molecule has 0 aliphatic carbocycles. The van der Waals surface area contributed by atoms with Crippen molar-refractivity contribution < 1.29 is 14.7 Å². The maximum Gasteiger partial charge on any atom is 0.326 e. The second kappa shape index (κ2) is 5.97. The third kappa shape index (κ3) is 2.69.